The van der Waals surface area contributed by atoms with Gasteiger partial charge in [0.2, 0.25) is 0 Å². The van der Waals surface area contributed by atoms with Crippen LogP contribution in [0.4, 0.5) is 0 Å². The van der Waals surface area contributed by atoms with E-state index in [1.54, 1.807) is 0 Å². The average Bonchev–Trinajstić information content (AvgIpc) is 4.10. The van der Waals surface area contributed by atoms with E-state index < -0.39 is 0 Å². The molecule has 0 fully saturated rings. The summed E-state index contributed by atoms with van der Waals surface area (Å²) >= 11 is 0. The minimum Gasteiger partial charge on any atom is -0.456 e. The normalized spacial score (nSPS) is 12.1. The second-order valence-electron chi connectivity index (χ2n) is 17.9. The third kappa shape index (κ3) is 5.76. The molecule has 0 atom stereocenters. The summed E-state index contributed by atoms with van der Waals surface area (Å²) in [6, 6.07) is 76.9. The van der Waals surface area contributed by atoms with Crippen molar-refractivity contribution in [1.82, 2.24) is 19.5 Å². The summed E-state index contributed by atoms with van der Waals surface area (Å²) in [5.41, 5.74) is 11.4. The molecule has 0 spiro atoms. The molecule has 0 bridgehead atoms. The van der Waals surface area contributed by atoms with Gasteiger partial charge in [-0.25, -0.2) is 15.0 Å². The summed E-state index contributed by atoms with van der Waals surface area (Å²) in [5.74, 6) is 1.66. The molecule has 0 amide bonds. The Labute approximate surface area is 394 Å². The van der Waals surface area contributed by atoms with Crippen molar-refractivity contribution < 1.29 is 8.83 Å². The van der Waals surface area contributed by atoms with Gasteiger partial charge in [-0.15, -0.1) is 0 Å². The molecule has 69 heavy (non-hydrogen) atoms. The molecule has 15 rings (SSSR count). The zero-order valence-corrected chi connectivity index (χ0v) is 36.9. The van der Waals surface area contributed by atoms with Crippen LogP contribution in [0.2, 0.25) is 0 Å². The van der Waals surface area contributed by atoms with E-state index in [2.05, 4.69) is 174 Å². The van der Waals surface area contributed by atoms with Crippen LogP contribution >= 0.6 is 0 Å². The monoisotopic (exact) mass is 880 g/mol. The average molecular weight is 881 g/mol. The van der Waals surface area contributed by atoms with E-state index in [0.717, 1.165) is 93.7 Å². The summed E-state index contributed by atoms with van der Waals surface area (Å²) in [5, 5.41) is 13.3. The van der Waals surface area contributed by atoms with Crippen LogP contribution in [0.25, 0.3) is 149 Å². The lowest BCUT2D eigenvalue weighted by molar-refractivity contribution is 0.669. The van der Waals surface area contributed by atoms with Crippen LogP contribution < -0.4 is 0 Å². The zero-order valence-electron chi connectivity index (χ0n) is 36.9. The van der Waals surface area contributed by atoms with Crippen molar-refractivity contribution in [3.63, 3.8) is 0 Å². The first-order valence-electron chi connectivity index (χ1n) is 23.2. The van der Waals surface area contributed by atoms with Crippen LogP contribution in [0.3, 0.4) is 0 Å². The summed E-state index contributed by atoms with van der Waals surface area (Å²) in [4.78, 5) is 16.1. The quantitative estimate of drug-likeness (QED) is 0.172. The lowest BCUT2D eigenvalue weighted by Gasteiger charge is -2.14. The molecule has 4 aromatic heterocycles. The Hall–Kier alpha value is -9.39. The number of nitrogens with zero attached hydrogens (tertiary/aromatic N) is 4. The zero-order chi connectivity index (χ0) is 45.2. The Morgan fingerprint density at radius 1 is 0.304 bits per heavy atom. The lowest BCUT2D eigenvalue weighted by Crippen LogP contribution is -2.01. The molecule has 0 radical (unpaired) electrons. The van der Waals surface area contributed by atoms with E-state index in [1.807, 2.05) is 48.5 Å². The standard InChI is InChI=1S/C63H36N4O2/c1-2-13-37(14-3-1)38-25-27-40(28-26-38)61-64-62(49-21-12-24-56-58(49)47-19-8-10-22-54(47)68-56)66-63(65-61)52-36-57-59(48-20-9-11-23-55(48)69-57)51-35-43(30-32-45(51)52)67-53-34-42-17-5-4-16-41(42)33-50(53)46-31-29-39-15-6-7-18-44(39)60(46)67/h1-36H. The van der Waals surface area contributed by atoms with Gasteiger partial charge in [0.05, 0.1) is 11.0 Å². The number of hydrogen-bond acceptors (Lipinski definition) is 5. The van der Waals surface area contributed by atoms with E-state index in [1.165, 1.54) is 37.8 Å². The molecule has 0 aliphatic heterocycles. The van der Waals surface area contributed by atoms with Crippen LogP contribution in [0.1, 0.15) is 0 Å². The molecule has 320 valence electrons. The van der Waals surface area contributed by atoms with Crippen molar-refractivity contribution >= 4 is 98.0 Å². The van der Waals surface area contributed by atoms with Gasteiger partial charge in [-0.2, -0.15) is 0 Å². The van der Waals surface area contributed by atoms with Crippen molar-refractivity contribution in [2.75, 3.05) is 0 Å². The summed E-state index contributed by atoms with van der Waals surface area (Å²) in [7, 11) is 0. The van der Waals surface area contributed by atoms with Crippen molar-refractivity contribution in [2.24, 2.45) is 0 Å². The van der Waals surface area contributed by atoms with Gasteiger partial charge < -0.3 is 13.4 Å². The molecule has 0 N–H and O–H groups in total. The fourth-order valence-electron chi connectivity index (χ4n) is 10.8. The van der Waals surface area contributed by atoms with Crippen LogP contribution in [-0.2, 0) is 0 Å². The van der Waals surface area contributed by atoms with Crippen LogP contribution in [0.15, 0.2) is 227 Å². The van der Waals surface area contributed by atoms with Crippen molar-refractivity contribution in [1.29, 1.82) is 0 Å². The van der Waals surface area contributed by atoms with E-state index in [-0.39, 0.29) is 0 Å². The summed E-state index contributed by atoms with van der Waals surface area (Å²) in [6.07, 6.45) is 0. The molecule has 0 aliphatic rings. The van der Waals surface area contributed by atoms with Gasteiger partial charge in [-0.05, 0) is 86.6 Å². The second-order valence-corrected chi connectivity index (χ2v) is 17.9. The van der Waals surface area contributed by atoms with Gasteiger partial charge in [0, 0.05) is 60.1 Å². The predicted octanol–water partition coefficient (Wildman–Crippen LogP) is 16.9. The fourth-order valence-corrected chi connectivity index (χ4v) is 10.8. The first-order chi connectivity index (χ1) is 34.2. The van der Waals surface area contributed by atoms with Gasteiger partial charge in [0.15, 0.2) is 17.5 Å². The number of benzene rings is 11. The Kier molecular flexibility index (Phi) is 7.97. The maximum Gasteiger partial charge on any atom is 0.164 e. The maximum atomic E-state index is 6.79. The topological polar surface area (TPSA) is 69.9 Å². The first kappa shape index (κ1) is 37.8. The van der Waals surface area contributed by atoms with Crippen molar-refractivity contribution in [3.05, 3.63) is 218 Å². The van der Waals surface area contributed by atoms with Crippen LogP contribution in [-0.4, -0.2) is 19.5 Å². The van der Waals surface area contributed by atoms with E-state index >= 15 is 0 Å². The minimum absolute atomic E-state index is 0.543. The van der Waals surface area contributed by atoms with E-state index in [9.17, 15) is 0 Å². The Morgan fingerprint density at radius 3 is 1.70 bits per heavy atom. The van der Waals surface area contributed by atoms with Crippen LogP contribution in [0, 0.1) is 0 Å². The SMILES string of the molecule is c1ccc(-c2ccc(-c3nc(-c4cc5oc6ccccc6c5c5cc(-n6c7cc8ccccc8cc7c7ccc8ccccc8c76)ccc45)nc(-c4cccc5oc6ccccc6c45)n3)cc2)cc1. The van der Waals surface area contributed by atoms with Gasteiger partial charge in [-0.3, -0.25) is 0 Å². The highest BCUT2D eigenvalue weighted by atomic mass is 16.3. The van der Waals surface area contributed by atoms with Crippen molar-refractivity contribution in [2.45, 2.75) is 0 Å². The molecule has 6 heteroatoms. The highest BCUT2D eigenvalue weighted by molar-refractivity contribution is 6.24. The fraction of sp³-hybridized carbons (Fsp3) is 0. The second kappa shape index (κ2) is 14.6. The molecule has 0 aliphatic carbocycles. The predicted molar refractivity (Wildman–Crippen MR) is 283 cm³/mol. The Balaban J connectivity index is 1.02. The number of aromatic nitrogens is 4. The summed E-state index contributed by atoms with van der Waals surface area (Å²) in [6.45, 7) is 0. The molecule has 0 unspecified atom stereocenters. The molecule has 4 heterocycles. The Morgan fingerprint density at radius 2 is 0.899 bits per heavy atom. The third-order valence-electron chi connectivity index (χ3n) is 14.0. The van der Waals surface area contributed by atoms with Crippen molar-refractivity contribution in [3.8, 4) is 51.0 Å². The molecular weight excluding hydrogens is 845 g/mol. The highest BCUT2D eigenvalue weighted by Gasteiger charge is 2.23. The lowest BCUT2D eigenvalue weighted by atomic mass is 9.97. The number of furan rings is 2. The molecule has 15 aromatic rings. The molecule has 6 nitrogen and oxygen atoms in total. The summed E-state index contributed by atoms with van der Waals surface area (Å²) < 4.78 is 15.6. The highest BCUT2D eigenvalue weighted by Crippen LogP contribution is 2.44. The number of fused-ring (bicyclic) bond motifs is 14. The number of para-hydroxylation sites is 2. The molecule has 0 saturated heterocycles. The van der Waals surface area contributed by atoms with Crippen LogP contribution in [0.5, 0.6) is 0 Å². The van der Waals surface area contributed by atoms with E-state index in [4.69, 9.17) is 23.8 Å². The Bertz CT molecular complexity index is 4600. The number of hydrogen-bond donors (Lipinski definition) is 0. The third-order valence-corrected chi connectivity index (χ3v) is 14.0. The maximum absolute atomic E-state index is 6.79. The minimum atomic E-state index is 0.543. The van der Waals surface area contributed by atoms with E-state index in [0.29, 0.717) is 17.5 Å². The van der Waals surface area contributed by atoms with Gasteiger partial charge in [0.25, 0.3) is 0 Å². The molecule has 0 saturated carbocycles. The molecular formula is C63H36N4O2. The smallest absolute Gasteiger partial charge is 0.164 e. The number of rotatable bonds is 5. The van der Waals surface area contributed by atoms with Gasteiger partial charge >= 0.3 is 0 Å². The van der Waals surface area contributed by atoms with Gasteiger partial charge in [-0.1, -0.05) is 170 Å². The first-order valence-corrected chi connectivity index (χ1v) is 23.2. The van der Waals surface area contributed by atoms with Gasteiger partial charge in [0.1, 0.15) is 22.3 Å². The molecule has 11 aromatic carbocycles. The largest absolute Gasteiger partial charge is 0.456 e.